The van der Waals surface area contributed by atoms with Gasteiger partial charge in [-0.15, -0.1) is 11.3 Å². The van der Waals surface area contributed by atoms with Gasteiger partial charge in [-0.2, -0.15) is 0 Å². The van der Waals surface area contributed by atoms with Crippen molar-refractivity contribution in [2.75, 3.05) is 6.61 Å². The van der Waals surface area contributed by atoms with E-state index < -0.39 is 0 Å². The number of esters is 1. The third kappa shape index (κ3) is 3.13. The fraction of sp³-hybridized carbons (Fsp3) is 0.308. The Bertz CT molecular complexity index is 551. The number of hydrogen-bond donors (Lipinski definition) is 0. The molecule has 0 N–H and O–H groups in total. The molecule has 0 unspecified atom stereocenters. The molecule has 0 aliphatic carbocycles. The van der Waals surface area contributed by atoms with Gasteiger partial charge in [0.1, 0.15) is 5.01 Å². The van der Waals surface area contributed by atoms with Crippen LogP contribution in [0.4, 0.5) is 0 Å². The average Bonchev–Trinajstić information content (AvgIpc) is 2.78. The molecule has 2 aromatic heterocycles. The number of pyridine rings is 1. The first kappa shape index (κ1) is 12.7. The monoisotopic (exact) mass is 262 g/mol. The topological polar surface area (TPSA) is 52.1 Å². The first-order chi connectivity index (χ1) is 8.69. The van der Waals surface area contributed by atoms with Crippen molar-refractivity contribution < 1.29 is 9.53 Å². The molecular weight excluding hydrogens is 248 g/mol. The fourth-order valence-corrected chi connectivity index (χ4v) is 2.30. The lowest BCUT2D eigenvalue weighted by molar-refractivity contribution is -0.142. The van der Waals surface area contributed by atoms with E-state index in [1.165, 1.54) is 11.3 Å². The summed E-state index contributed by atoms with van der Waals surface area (Å²) in [6.07, 6.45) is 1.98. The van der Waals surface area contributed by atoms with Gasteiger partial charge >= 0.3 is 5.97 Å². The molecule has 0 amide bonds. The molecule has 0 aromatic carbocycles. The van der Waals surface area contributed by atoms with E-state index >= 15 is 0 Å². The normalized spacial score (nSPS) is 10.3. The summed E-state index contributed by atoms with van der Waals surface area (Å²) in [6.45, 7) is 4.20. The van der Waals surface area contributed by atoms with E-state index in [1.807, 2.05) is 24.4 Å². The fourth-order valence-electron chi connectivity index (χ4n) is 1.52. The van der Waals surface area contributed by atoms with Crippen molar-refractivity contribution in [1.82, 2.24) is 9.97 Å². The van der Waals surface area contributed by atoms with Crippen LogP contribution in [0.15, 0.2) is 23.7 Å². The van der Waals surface area contributed by atoms with Crippen LogP contribution in [-0.4, -0.2) is 22.5 Å². The molecule has 18 heavy (non-hydrogen) atoms. The van der Waals surface area contributed by atoms with E-state index in [-0.39, 0.29) is 12.4 Å². The number of carbonyl (C=O) groups is 1. The number of ether oxygens (including phenoxy) is 1. The highest BCUT2D eigenvalue weighted by Crippen LogP contribution is 2.22. The summed E-state index contributed by atoms with van der Waals surface area (Å²) >= 11 is 1.49. The van der Waals surface area contributed by atoms with Crippen molar-refractivity contribution in [2.24, 2.45) is 0 Å². The van der Waals surface area contributed by atoms with E-state index in [2.05, 4.69) is 9.97 Å². The lowest BCUT2D eigenvalue weighted by atomic mass is 10.2. The maximum Gasteiger partial charge on any atom is 0.311 e. The van der Waals surface area contributed by atoms with Crippen molar-refractivity contribution >= 4 is 17.3 Å². The summed E-state index contributed by atoms with van der Waals surface area (Å²) in [5.41, 5.74) is 2.72. The van der Waals surface area contributed by atoms with Gasteiger partial charge in [0, 0.05) is 11.6 Å². The maximum atomic E-state index is 11.3. The number of nitrogens with zero attached hydrogens (tertiary/aromatic N) is 2. The standard InChI is InChI=1S/C13H14N2O2S/c1-3-17-12(16)7-10-8-18-13(15-10)11-6-9(2)4-5-14-11/h4-6,8H,3,7H2,1-2H3. The second kappa shape index (κ2) is 5.73. The Hall–Kier alpha value is -1.75. The molecule has 2 rings (SSSR count). The third-order valence-corrected chi connectivity index (χ3v) is 3.23. The molecule has 0 aliphatic rings. The summed E-state index contributed by atoms with van der Waals surface area (Å²) in [5, 5.41) is 2.70. The minimum Gasteiger partial charge on any atom is -0.466 e. The third-order valence-electron chi connectivity index (χ3n) is 2.32. The largest absolute Gasteiger partial charge is 0.466 e. The number of carbonyl (C=O) groups excluding carboxylic acids is 1. The number of thiazole rings is 1. The van der Waals surface area contributed by atoms with Crippen LogP contribution in [0.1, 0.15) is 18.2 Å². The summed E-state index contributed by atoms with van der Waals surface area (Å²) in [7, 11) is 0. The molecule has 4 nitrogen and oxygen atoms in total. The van der Waals surface area contributed by atoms with Gasteiger partial charge < -0.3 is 4.74 Å². The molecule has 0 spiro atoms. The van der Waals surface area contributed by atoms with E-state index in [9.17, 15) is 4.79 Å². The highest BCUT2D eigenvalue weighted by Gasteiger charge is 2.10. The van der Waals surface area contributed by atoms with Crippen molar-refractivity contribution in [3.63, 3.8) is 0 Å². The first-order valence-electron chi connectivity index (χ1n) is 5.72. The summed E-state index contributed by atoms with van der Waals surface area (Å²) in [4.78, 5) is 20.0. The molecule has 0 fully saturated rings. The predicted molar refractivity (Wildman–Crippen MR) is 70.4 cm³/mol. The van der Waals surface area contributed by atoms with Crippen molar-refractivity contribution in [1.29, 1.82) is 0 Å². The average molecular weight is 262 g/mol. The van der Waals surface area contributed by atoms with Gasteiger partial charge in [-0.1, -0.05) is 0 Å². The zero-order valence-corrected chi connectivity index (χ0v) is 11.2. The van der Waals surface area contributed by atoms with Crippen LogP contribution in [0, 0.1) is 6.92 Å². The number of hydrogen-bond acceptors (Lipinski definition) is 5. The zero-order chi connectivity index (χ0) is 13.0. The van der Waals surface area contributed by atoms with Crippen molar-refractivity contribution in [3.8, 4) is 10.7 Å². The molecule has 0 radical (unpaired) electrons. The molecule has 0 saturated carbocycles. The van der Waals surface area contributed by atoms with E-state index in [0.717, 1.165) is 22.0 Å². The van der Waals surface area contributed by atoms with Crippen molar-refractivity contribution in [3.05, 3.63) is 35.0 Å². The van der Waals surface area contributed by atoms with Gasteiger partial charge in [0.05, 0.1) is 24.4 Å². The number of rotatable bonds is 4. The Labute approximate surface area is 110 Å². The Kier molecular flexibility index (Phi) is 4.04. The number of aryl methyl sites for hydroxylation is 1. The molecule has 0 atom stereocenters. The lowest BCUT2D eigenvalue weighted by Gasteiger charge is -1.98. The van der Waals surface area contributed by atoms with Crippen molar-refractivity contribution in [2.45, 2.75) is 20.3 Å². The molecule has 94 valence electrons. The van der Waals surface area contributed by atoms with Gasteiger partial charge in [-0.25, -0.2) is 4.98 Å². The van der Waals surface area contributed by atoms with E-state index in [1.54, 1.807) is 13.1 Å². The van der Waals surface area contributed by atoms with Crippen LogP contribution in [0.25, 0.3) is 10.7 Å². The molecule has 0 bridgehead atoms. The minimum atomic E-state index is -0.244. The van der Waals surface area contributed by atoms with Crippen LogP contribution < -0.4 is 0 Å². The zero-order valence-electron chi connectivity index (χ0n) is 10.3. The van der Waals surface area contributed by atoms with Gasteiger partial charge in [0.2, 0.25) is 0 Å². The highest BCUT2D eigenvalue weighted by atomic mass is 32.1. The number of aromatic nitrogens is 2. The molecule has 0 aliphatic heterocycles. The molecule has 0 saturated heterocycles. The Balaban J connectivity index is 2.13. The van der Waals surface area contributed by atoms with Gasteiger partial charge in [0.25, 0.3) is 0 Å². The second-order valence-corrected chi connectivity index (χ2v) is 4.70. The first-order valence-corrected chi connectivity index (χ1v) is 6.60. The summed E-state index contributed by atoms with van der Waals surface area (Å²) in [5.74, 6) is -0.244. The van der Waals surface area contributed by atoms with Gasteiger partial charge in [-0.3, -0.25) is 9.78 Å². The van der Waals surface area contributed by atoms with E-state index in [4.69, 9.17) is 4.74 Å². The Morgan fingerprint density at radius 1 is 1.50 bits per heavy atom. The quantitative estimate of drug-likeness (QED) is 0.795. The maximum absolute atomic E-state index is 11.3. The minimum absolute atomic E-state index is 0.218. The van der Waals surface area contributed by atoms with Gasteiger partial charge in [-0.05, 0) is 31.5 Å². The molecule has 5 heteroatoms. The Morgan fingerprint density at radius 3 is 3.06 bits per heavy atom. The van der Waals surface area contributed by atoms with Crippen LogP contribution in [0.5, 0.6) is 0 Å². The second-order valence-electron chi connectivity index (χ2n) is 3.84. The van der Waals surface area contributed by atoms with Crippen LogP contribution in [0.3, 0.4) is 0 Å². The summed E-state index contributed by atoms with van der Waals surface area (Å²) < 4.78 is 4.89. The Morgan fingerprint density at radius 2 is 2.33 bits per heavy atom. The van der Waals surface area contributed by atoms with E-state index in [0.29, 0.717) is 6.61 Å². The molecule has 2 heterocycles. The van der Waals surface area contributed by atoms with Gasteiger partial charge in [0.15, 0.2) is 0 Å². The predicted octanol–water partition coefficient (Wildman–Crippen LogP) is 2.62. The summed E-state index contributed by atoms with van der Waals surface area (Å²) in [6, 6.07) is 3.92. The van der Waals surface area contributed by atoms with Crippen LogP contribution in [0.2, 0.25) is 0 Å². The smallest absolute Gasteiger partial charge is 0.311 e. The van der Waals surface area contributed by atoms with Crippen LogP contribution >= 0.6 is 11.3 Å². The lowest BCUT2D eigenvalue weighted by Crippen LogP contribution is -2.07. The molecule has 2 aromatic rings. The van der Waals surface area contributed by atoms with Crippen LogP contribution in [-0.2, 0) is 16.0 Å². The SMILES string of the molecule is CCOC(=O)Cc1csc(-c2cc(C)ccn2)n1. The molecular formula is C13H14N2O2S. The highest BCUT2D eigenvalue weighted by molar-refractivity contribution is 7.13.